The second-order valence-corrected chi connectivity index (χ2v) is 5.69. The highest BCUT2D eigenvalue weighted by Gasteiger charge is 2.23. The summed E-state index contributed by atoms with van der Waals surface area (Å²) < 4.78 is 10.4. The zero-order chi connectivity index (χ0) is 16.1. The van der Waals surface area contributed by atoms with Crippen LogP contribution in [0.3, 0.4) is 0 Å². The molecular weight excluding hydrogens is 304 g/mol. The van der Waals surface area contributed by atoms with Crippen LogP contribution in [0.4, 0.5) is 0 Å². The van der Waals surface area contributed by atoms with E-state index >= 15 is 0 Å². The van der Waals surface area contributed by atoms with Gasteiger partial charge in [0, 0.05) is 43.3 Å². The van der Waals surface area contributed by atoms with Crippen LogP contribution in [0.15, 0.2) is 29.8 Å². The largest absolute Gasteiger partial charge is 0.493 e. The molecule has 0 N–H and O–H groups in total. The number of carbonyl (C=O) groups is 1. The standard InChI is InChI=1S/C16H21ClN2O3/c1-12(17)11-18-6-8-19(9-7-18)16(20)13-4-5-14(21-2)15(10-13)22-3/h4-5,10H,1,6-9,11H2,2-3H3. The first-order valence-electron chi connectivity index (χ1n) is 7.12. The summed E-state index contributed by atoms with van der Waals surface area (Å²) in [7, 11) is 3.13. The number of piperazine rings is 1. The Morgan fingerprint density at radius 3 is 2.36 bits per heavy atom. The first kappa shape index (κ1) is 16.6. The van der Waals surface area contributed by atoms with E-state index in [4.69, 9.17) is 21.1 Å². The normalized spacial score (nSPS) is 15.5. The van der Waals surface area contributed by atoms with E-state index in [0.717, 1.165) is 13.1 Å². The van der Waals surface area contributed by atoms with Crippen molar-refractivity contribution in [2.24, 2.45) is 0 Å². The minimum absolute atomic E-state index is 0.00491. The van der Waals surface area contributed by atoms with E-state index in [1.54, 1.807) is 32.4 Å². The maximum absolute atomic E-state index is 12.6. The number of halogens is 1. The minimum Gasteiger partial charge on any atom is -0.493 e. The SMILES string of the molecule is C=C(Cl)CN1CCN(C(=O)c2ccc(OC)c(OC)c2)CC1. The smallest absolute Gasteiger partial charge is 0.254 e. The van der Waals surface area contributed by atoms with Gasteiger partial charge in [-0.05, 0) is 18.2 Å². The number of methoxy groups -OCH3 is 2. The molecule has 2 rings (SSSR count). The monoisotopic (exact) mass is 324 g/mol. The molecule has 1 saturated heterocycles. The third kappa shape index (κ3) is 3.93. The van der Waals surface area contributed by atoms with Crippen LogP contribution in [0.25, 0.3) is 0 Å². The summed E-state index contributed by atoms with van der Waals surface area (Å²) in [5.74, 6) is 1.18. The lowest BCUT2D eigenvalue weighted by Crippen LogP contribution is -2.48. The predicted octanol–water partition coefficient (Wildman–Crippen LogP) is 2.21. The molecule has 1 aromatic carbocycles. The Balaban J connectivity index is 2.02. The van der Waals surface area contributed by atoms with Crippen LogP contribution in [-0.2, 0) is 0 Å². The molecule has 0 spiro atoms. The number of carbonyl (C=O) groups excluding carboxylic acids is 1. The van der Waals surface area contributed by atoms with Crippen molar-refractivity contribution in [3.8, 4) is 11.5 Å². The number of amides is 1. The van der Waals surface area contributed by atoms with Crippen molar-refractivity contribution in [2.45, 2.75) is 0 Å². The van der Waals surface area contributed by atoms with Gasteiger partial charge in [-0.25, -0.2) is 0 Å². The summed E-state index contributed by atoms with van der Waals surface area (Å²) in [4.78, 5) is 16.6. The topological polar surface area (TPSA) is 42.0 Å². The van der Waals surface area contributed by atoms with Gasteiger partial charge < -0.3 is 14.4 Å². The summed E-state index contributed by atoms with van der Waals surface area (Å²) in [5, 5.41) is 0.625. The molecular formula is C16H21ClN2O3. The number of nitrogens with zero attached hydrogens (tertiary/aromatic N) is 2. The molecule has 0 radical (unpaired) electrons. The fraction of sp³-hybridized carbons (Fsp3) is 0.438. The molecule has 6 heteroatoms. The van der Waals surface area contributed by atoms with Crippen LogP contribution in [0.1, 0.15) is 10.4 Å². The van der Waals surface area contributed by atoms with E-state index in [1.165, 1.54) is 0 Å². The molecule has 120 valence electrons. The second-order valence-electron chi connectivity index (χ2n) is 5.16. The Hall–Kier alpha value is -1.72. The molecule has 1 aliphatic heterocycles. The Kier molecular flexibility index (Phi) is 5.69. The van der Waals surface area contributed by atoms with E-state index in [0.29, 0.717) is 41.7 Å². The molecule has 0 aromatic heterocycles. The lowest BCUT2D eigenvalue weighted by Gasteiger charge is -2.34. The first-order valence-corrected chi connectivity index (χ1v) is 7.50. The Morgan fingerprint density at radius 2 is 1.82 bits per heavy atom. The summed E-state index contributed by atoms with van der Waals surface area (Å²) in [6.07, 6.45) is 0. The van der Waals surface area contributed by atoms with E-state index in [-0.39, 0.29) is 5.91 Å². The molecule has 0 bridgehead atoms. The van der Waals surface area contributed by atoms with Crippen molar-refractivity contribution in [1.29, 1.82) is 0 Å². The van der Waals surface area contributed by atoms with Crippen LogP contribution in [0.5, 0.6) is 11.5 Å². The van der Waals surface area contributed by atoms with Crippen LogP contribution >= 0.6 is 11.6 Å². The van der Waals surface area contributed by atoms with Gasteiger partial charge in [0.25, 0.3) is 5.91 Å². The molecule has 1 fully saturated rings. The molecule has 0 saturated carbocycles. The van der Waals surface area contributed by atoms with E-state index in [2.05, 4.69) is 11.5 Å². The van der Waals surface area contributed by atoms with Crippen molar-refractivity contribution in [2.75, 3.05) is 46.9 Å². The molecule has 0 unspecified atom stereocenters. The van der Waals surface area contributed by atoms with Gasteiger partial charge >= 0.3 is 0 Å². The third-order valence-electron chi connectivity index (χ3n) is 3.69. The average Bonchev–Trinajstić information content (AvgIpc) is 2.53. The lowest BCUT2D eigenvalue weighted by molar-refractivity contribution is 0.0649. The fourth-order valence-electron chi connectivity index (χ4n) is 2.50. The number of rotatable bonds is 5. The van der Waals surface area contributed by atoms with Crippen LogP contribution in [0, 0.1) is 0 Å². The molecule has 1 aliphatic rings. The van der Waals surface area contributed by atoms with E-state index in [1.807, 2.05) is 4.90 Å². The molecule has 0 aliphatic carbocycles. The van der Waals surface area contributed by atoms with Crippen molar-refractivity contribution in [3.05, 3.63) is 35.4 Å². The highest BCUT2D eigenvalue weighted by molar-refractivity contribution is 6.29. The van der Waals surface area contributed by atoms with Gasteiger partial charge in [-0.1, -0.05) is 18.2 Å². The summed E-state index contributed by atoms with van der Waals surface area (Å²) in [5.41, 5.74) is 0.604. The van der Waals surface area contributed by atoms with Gasteiger partial charge in [0.2, 0.25) is 0 Å². The molecule has 5 nitrogen and oxygen atoms in total. The van der Waals surface area contributed by atoms with Gasteiger partial charge in [-0.15, -0.1) is 0 Å². The second kappa shape index (κ2) is 7.51. The fourth-order valence-corrected chi connectivity index (χ4v) is 2.67. The third-order valence-corrected chi connectivity index (χ3v) is 3.80. The number of hydrogen-bond donors (Lipinski definition) is 0. The molecule has 22 heavy (non-hydrogen) atoms. The summed E-state index contributed by atoms with van der Waals surface area (Å²) in [6.45, 7) is 7.32. The number of ether oxygens (including phenoxy) is 2. The van der Waals surface area contributed by atoms with Crippen LogP contribution < -0.4 is 9.47 Å². The van der Waals surface area contributed by atoms with Gasteiger partial charge in [0.05, 0.1) is 14.2 Å². The molecule has 1 aromatic rings. The van der Waals surface area contributed by atoms with E-state index in [9.17, 15) is 4.79 Å². The maximum atomic E-state index is 12.6. The van der Waals surface area contributed by atoms with Gasteiger partial charge in [-0.2, -0.15) is 0 Å². The van der Waals surface area contributed by atoms with Crippen molar-refractivity contribution < 1.29 is 14.3 Å². The van der Waals surface area contributed by atoms with Crippen molar-refractivity contribution >= 4 is 17.5 Å². The molecule has 1 amide bonds. The van der Waals surface area contributed by atoms with Crippen LogP contribution in [-0.4, -0.2) is 62.7 Å². The van der Waals surface area contributed by atoms with Gasteiger partial charge in [0.1, 0.15) is 0 Å². The minimum atomic E-state index is 0.00491. The Labute approximate surface area is 136 Å². The zero-order valence-electron chi connectivity index (χ0n) is 13.0. The Morgan fingerprint density at radius 1 is 1.18 bits per heavy atom. The van der Waals surface area contributed by atoms with Gasteiger partial charge in [0.15, 0.2) is 11.5 Å². The maximum Gasteiger partial charge on any atom is 0.254 e. The highest BCUT2D eigenvalue weighted by atomic mass is 35.5. The summed E-state index contributed by atoms with van der Waals surface area (Å²) in [6, 6.07) is 5.23. The first-order chi connectivity index (χ1) is 10.5. The Bertz CT molecular complexity index is 554. The highest BCUT2D eigenvalue weighted by Crippen LogP contribution is 2.28. The molecule has 0 atom stereocenters. The van der Waals surface area contributed by atoms with Crippen molar-refractivity contribution in [3.63, 3.8) is 0 Å². The van der Waals surface area contributed by atoms with Crippen LogP contribution in [0.2, 0.25) is 0 Å². The number of hydrogen-bond acceptors (Lipinski definition) is 4. The summed E-state index contributed by atoms with van der Waals surface area (Å²) >= 11 is 5.83. The predicted molar refractivity (Wildman–Crippen MR) is 86.9 cm³/mol. The van der Waals surface area contributed by atoms with E-state index < -0.39 is 0 Å². The van der Waals surface area contributed by atoms with Crippen molar-refractivity contribution in [1.82, 2.24) is 9.80 Å². The zero-order valence-corrected chi connectivity index (χ0v) is 13.7. The quantitative estimate of drug-likeness (QED) is 0.833. The lowest BCUT2D eigenvalue weighted by atomic mass is 10.1. The number of benzene rings is 1. The van der Waals surface area contributed by atoms with Gasteiger partial charge in [-0.3, -0.25) is 9.69 Å². The average molecular weight is 325 g/mol. The molecule has 1 heterocycles.